The van der Waals surface area contributed by atoms with Gasteiger partial charge in [0.1, 0.15) is 30.0 Å². The summed E-state index contributed by atoms with van der Waals surface area (Å²) >= 11 is 0. The molecular weight excluding hydrogens is 453 g/mol. The molecule has 1 atom stereocenters. The first kappa shape index (κ1) is 21.3. The number of halogens is 1. The molecule has 4 heterocycles. The zero-order chi connectivity index (χ0) is 24.3. The number of hydrogen-bond acceptors (Lipinski definition) is 7. The van der Waals surface area contributed by atoms with E-state index in [4.69, 9.17) is 9.47 Å². The van der Waals surface area contributed by atoms with E-state index in [2.05, 4.69) is 15.0 Å². The van der Waals surface area contributed by atoms with Gasteiger partial charge in [0.2, 0.25) is 5.88 Å². The molecule has 0 spiro atoms. The van der Waals surface area contributed by atoms with Crippen LogP contribution in [0.15, 0.2) is 36.8 Å². The van der Waals surface area contributed by atoms with Gasteiger partial charge in [-0.1, -0.05) is 12.1 Å². The molecule has 178 valence electrons. The third-order valence-electron chi connectivity index (χ3n) is 6.82. The van der Waals surface area contributed by atoms with Crippen molar-refractivity contribution in [2.45, 2.75) is 13.0 Å². The van der Waals surface area contributed by atoms with Gasteiger partial charge in [-0.3, -0.25) is 0 Å². The maximum atomic E-state index is 16.2. The predicted molar refractivity (Wildman–Crippen MR) is 128 cm³/mol. The summed E-state index contributed by atoms with van der Waals surface area (Å²) in [4.78, 5) is 28.0. The van der Waals surface area contributed by atoms with E-state index >= 15 is 4.39 Å². The highest BCUT2D eigenvalue weighted by atomic mass is 19.1. The Kier molecular flexibility index (Phi) is 4.84. The molecule has 0 saturated carbocycles. The Bertz CT molecular complexity index is 1510. The number of hydrogen-bond donors (Lipinski definition) is 1. The van der Waals surface area contributed by atoms with E-state index in [0.717, 1.165) is 10.9 Å². The summed E-state index contributed by atoms with van der Waals surface area (Å²) in [5, 5.41) is 11.5. The summed E-state index contributed by atoms with van der Waals surface area (Å²) < 4.78 is 27.9. The molecule has 2 aromatic heterocycles. The third kappa shape index (κ3) is 3.20. The van der Waals surface area contributed by atoms with Gasteiger partial charge in [-0.25, -0.2) is 24.1 Å². The lowest BCUT2D eigenvalue weighted by Crippen LogP contribution is -2.56. The van der Waals surface area contributed by atoms with E-state index in [1.165, 1.54) is 18.3 Å². The van der Waals surface area contributed by atoms with Crippen LogP contribution >= 0.6 is 0 Å². The molecule has 1 N–H and O–H groups in total. The van der Waals surface area contributed by atoms with Gasteiger partial charge in [-0.2, -0.15) is 0 Å². The van der Waals surface area contributed by atoms with Crippen molar-refractivity contribution in [1.82, 2.24) is 19.9 Å². The Labute approximate surface area is 199 Å². The van der Waals surface area contributed by atoms with Crippen molar-refractivity contribution in [3.8, 4) is 22.8 Å². The standard InChI is InChI=1S/C25H22FN5O4/c1-13-3-4-14-5-6-27-24(34-2)19(14)18(13)16-9-17-20-22(21(16)26)28-12-29-23(20)31-8-7-30(25(32)33)10-15(31)11-35-17/h3-6,9,12,15H,7-8,10-11H2,1-2H3,(H,32,33)/t15-/m0/s1. The summed E-state index contributed by atoms with van der Waals surface area (Å²) in [6.07, 6.45) is 2.03. The van der Waals surface area contributed by atoms with E-state index in [1.807, 2.05) is 30.0 Å². The van der Waals surface area contributed by atoms with E-state index in [1.54, 1.807) is 12.3 Å². The van der Waals surface area contributed by atoms with Crippen molar-refractivity contribution in [2.24, 2.45) is 0 Å². The molecule has 4 aromatic rings. The molecule has 2 aliphatic rings. The number of piperazine rings is 1. The average Bonchev–Trinajstić information content (AvgIpc) is 3.03. The minimum atomic E-state index is -0.971. The number of amides is 1. The highest BCUT2D eigenvalue weighted by Crippen LogP contribution is 2.45. The number of fused-ring (bicyclic) bond motifs is 3. The molecule has 0 radical (unpaired) electrons. The minimum absolute atomic E-state index is 0.156. The minimum Gasteiger partial charge on any atom is -0.490 e. The molecule has 1 amide bonds. The smallest absolute Gasteiger partial charge is 0.407 e. The summed E-state index contributed by atoms with van der Waals surface area (Å²) in [6, 6.07) is 7.19. The number of benzene rings is 2. The second kappa shape index (κ2) is 7.93. The first-order valence-corrected chi connectivity index (χ1v) is 11.2. The molecule has 9 nitrogen and oxygen atoms in total. The van der Waals surface area contributed by atoms with Gasteiger partial charge in [-0.15, -0.1) is 0 Å². The number of carboxylic acid groups (broad SMARTS) is 1. The first-order valence-electron chi connectivity index (χ1n) is 11.2. The highest BCUT2D eigenvalue weighted by molar-refractivity contribution is 6.05. The quantitative estimate of drug-likeness (QED) is 0.467. The van der Waals surface area contributed by atoms with E-state index in [-0.39, 0.29) is 24.7 Å². The number of aromatic nitrogens is 3. The first-order chi connectivity index (χ1) is 17.0. The molecule has 1 saturated heterocycles. The number of anilines is 1. The molecular formula is C25H22FN5O4. The van der Waals surface area contributed by atoms with Crippen LogP contribution in [0.2, 0.25) is 0 Å². The van der Waals surface area contributed by atoms with Gasteiger partial charge in [0, 0.05) is 37.0 Å². The fraction of sp³-hybridized carbons (Fsp3) is 0.280. The van der Waals surface area contributed by atoms with Crippen LogP contribution in [0, 0.1) is 12.7 Å². The van der Waals surface area contributed by atoms with Crippen molar-refractivity contribution in [3.05, 3.63) is 48.2 Å². The largest absolute Gasteiger partial charge is 0.490 e. The van der Waals surface area contributed by atoms with Gasteiger partial charge in [0.05, 0.1) is 23.9 Å². The summed E-state index contributed by atoms with van der Waals surface area (Å²) in [7, 11) is 1.54. The molecule has 10 heteroatoms. The second-order valence-corrected chi connectivity index (χ2v) is 8.72. The van der Waals surface area contributed by atoms with Crippen molar-refractivity contribution < 1.29 is 23.8 Å². The number of rotatable bonds is 2. The topological polar surface area (TPSA) is 101 Å². The maximum absolute atomic E-state index is 16.2. The van der Waals surface area contributed by atoms with Gasteiger partial charge in [-0.05, 0) is 30.0 Å². The van der Waals surface area contributed by atoms with Gasteiger partial charge in [0.25, 0.3) is 0 Å². The van der Waals surface area contributed by atoms with Crippen LogP contribution in [0.4, 0.5) is 15.0 Å². The van der Waals surface area contributed by atoms with E-state index < -0.39 is 11.9 Å². The lowest BCUT2D eigenvalue weighted by molar-refractivity contribution is 0.127. The molecule has 1 fully saturated rings. The summed E-state index contributed by atoms with van der Waals surface area (Å²) in [6.45, 7) is 3.18. The molecule has 0 aliphatic carbocycles. The van der Waals surface area contributed by atoms with Crippen molar-refractivity contribution >= 4 is 33.6 Å². The number of carbonyl (C=O) groups is 1. The van der Waals surface area contributed by atoms with E-state index in [0.29, 0.717) is 52.4 Å². The normalized spacial score (nSPS) is 17.2. The fourth-order valence-corrected chi connectivity index (χ4v) is 5.16. The molecule has 35 heavy (non-hydrogen) atoms. The summed E-state index contributed by atoms with van der Waals surface area (Å²) in [5.74, 6) is 0.932. The van der Waals surface area contributed by atoms with Crippen LogP contribution in [0.25, 0.3) is 32.8 Å². The van der Waals surface area contributed by atoms with Gasteiger partial charge < -0.3 is 24.4 Å². The average molecular weight is 475 g/mol. The molecule has 0 unspecified atom stereocenters. The van der Waals surface area contributed by atoms with Crippen molar-refractivity contribution in [3.63, 3.8) is 0 Å². The Morgan fingerprint density at radius 3 is 2.86 bits per heavy atom. The molecule has 2 aliphatic heterocycles. The molecule has 6 rings (SSSR count). The SMILES string of the molecule is COc1nccc2ccc(C)c(-c3cc4c5c(ncnc5c3F)N3CCN(C(=O)O)C[C@H]3CO4)c12. The molecule has 0 bridgehead atoms. The zero-order valence-electron chi connectivity index (χ0n) is 19.2. The number of ether oxygens (including phenoxy) is 2. The maximum Gasteiger partial charge on any atom is 0.407 e. The third-order valence-corrected chi connectivity index (χ3v) is 6.82. The fourth-order valence-electron chi connectivity index (χ4n) is 5.16. The Balaban J connectivity index is 1.59. The Morgan fingerprint density at radius 1 is 1.20 bits per heavy atom. The zero-order valence-corrected chi connectivity index (χ0v) is 19.2. The van der Waals surface area contributed by atoms with Crippen LogP contribution in [-0.4, -0.2) is 70.4 Å². The monoisotopic (exact) mass is 475 g/mol. The predicted octanol–water partition coefficient (Wildman–Crippen LogP) is 3.86. The molecule has 2 aromatic carbocycles. The number of pyridine rings is 1. The lowest BCUT2D eigenvalue weighted by atomic mass is 9.93. The van der Waals surface area contributed by atoms with Crippen LogP contribution in [-0.2, 0) is 0 Å². The van der Waals surface area contributed by atoms with Crippen LogP contribution < -0.4 is 14.4 Å². The van der Waals surface area contributed by atoms with Crippen LogP contribution in [0.3, 0.4) is 0 Å². The number of aryl methyl sites for hydroxylation is 1. The van der Waals surface area contributed by atoms with Crippen LogP contribution in [0.1, 0.15) is 5.56 Å². The van der Waals surface area contributed by atoms with Crippen LogP contribution in [0.5, 0.6) is 11.6 Å². The van der Waals surface area contributed by atoms with Crippen molar-refractivity contribution in [2.75, 3.05) is 38.3 Å². The Morgan fingerprint density at radius 2 is 2.06 bits per heavy atom. The van der Waals surface area contributed by atoms with Gasteiger partial charge in [0.15, 0.2) is 5.82 Å². The summed E-state index contributed by atoms with van der Waals surface area (Å²) in [5.41, 5.74) is 2.00. The second-order valence-electron chi connectivity index (χ2n) is 8.72. The lowest BCUT2D eigenvalue weighted by Gasteiger charge is -2.39. The Hall–Kier alpha value is -4.21. The van der Waals surface area contributed by atoms with E-state index in [9.17, 15) is 9.90 Å². The van der Waals surface area contributed by atoms with Crippen molar-refractivity contribution in [1.29, 1.82) is 0 Å². The number of methoxy groups -OCH3 is 1. The number of nitrogens with zero attached hydrogens (tertiary/aromatic N) is 5. The highest BCUT2D eigenvalue weighted by Gasteiger charge is 2.35. The van der Waals surface area contributed by atoms with Gasteiger partial charge >= 0.3 is 6.09 Å².